The van der Waals surface area contributed by atoms with Gasteiger partial charge in [0.15, 0.2) is 0 Å². The van der Waals surface area contributed by atoms with Crippen molar-refractivity contribution in [3.05, 3.63) is 71.8 Å². The summed E-state index contributed by atoms with van der Waals surface area (Å²) in [5.74, 6) is 0. The molecule has 0 radical (unpaired) electrons. The second-order valence-corrected chi connectivity index (χ2v) is 21.4. The van der Waals surface area contributed by atoms with Crippen LogP contribution in [0.5, 0.6) is 0 Å². The van der Waals surface area contributed by atoms with E-state index < -0.39 is 37.0 Å². The van der Waals surface area contributed by atoms with E-state index in [1.807, 2.05) is 60.7 Å². The number of amides is 1. The third-order valence-corrected chi connectivity index (χ3v) is 19.6. The van der Waals surface area contributed by atoms with Gasteiger partial charge in [0, 0.05) is 0 Å². The molecule has 0 spiro atoms. The molecular formula is C30H44N2O3Sn. The van der Waals surface area contributed by atoms with Gasteiger partial charge in [-0.1, -0.05) is 0 Å². The molecule has 5 nitrogen and oxygen atoms in total. The Morgan fingerprint density at radius 2 is 1.36 bits per heavy atom. The molecule has 2 rings (SSSR count). The summed E-state index contributed by atoms with van der Waals surface area (Å²) in [4.78, 5) is 12.8. The predicted molar refractivity (Wildman–Crippen MR) is 149 cm³/mol. The Labute approximate surface area is 223 Å². The minimum atomic E-state index is -3.08. The number of hydrogen-bond donors (Lipinski definition) is 1. The van der Waals surface area contributed by atoms with Crippen molar-refractivity contribution in [3.63, 3.8) is 0 Å². The number of nitrogens with one attached hydrogen (secondary N) is 1. The predicted octanol–water partition coefficient (Wildman–Crippen LogP) is 7.78. The van der Waals surface area contributed by atoms with Crippen molar-refractivity contribution in [1.82, 2.24) is 5.32 Å². The monoisotopic (exact) mass is 600 g/mol. The maximum atomic E-state index is 12.8. The molecule has 0 bridgehead atoms. The van der Waals surface area contributed by atoms with Crippen LogP contribution in [0.15, 0.2) is 60.7 Å². The fourth-order valence-electron chi connectivity index (χ4n) is 4.53. The van der Waals surface area contributed by atoms with Crippen LogP contribution in [0.3, 0.4) is 0 Å². The average Bonchev–Trinajstić information content (AvgIpc) is 2.92. The summed E-state index contributed by atoms with van der Waals surface area (Å²) in [7, 11) is 0. The van der Waals surface area contributed by atoms with Crippen LogP contribution in [0, 0.1) is 11.3 Å². The first-order valence-corrected chi connectivity index (χ1v) is 20.9. The summed E-state index contributed by atoms with van der Waals surface area (Å²) in [6, 6.07) is 21.6. The minimum absolute atomic E-state index is 0.190. The van der Waals surface area contributed by atoms with Crippen molar-refractivity contribution >= 4 is 24.9 Å². The summed E-state index contributed by atoms with van der Waals surface area (Å²) in [5.41, 5.74) is 1.99. The van der Waals surface area contributed by atoms with Gasteiger partial charge >= 0.3 is 224 Å². The summed E-state index contributed by atoms with van der Waals surface area (Å²) in [5, 5.41) is 13.3. The molecule has 1 N–H and O–H groups in total. The molecule has 1 amide bonds. The molecule has 0 aromatic heterocycles. The van der Waals surface area contributed by atoms with Gasteiger partial charge in [-0.3, -0.25) is 0 Å². The van der Waals surface area contributed by atoms with Crippen molar-refractivity contribution in [2.75, 3.05) is 0 Å². The van der Waals surface area contributed by atoms with Crippen molar-refractivity contribution in [2.24, 2.45) is 0 Å². The number of alkyl carbamates (subject to hydrolysis) is 1. The summed E-state index contributed by atoms with van der Waals surface area (Å²) in [6.07, 6.45) is 6.18. The molecule has 0 fully saturated rings. The van der Waals surface area contributed by atoms with E-state index in [1.165, 1.54) is 0 Å². The molecule has 0 heterocycles. The molecule has 36 heavy (non-hydrogen) atoms. The SMILES string of the molecule is CCC[CH2][Sn]([CH2]CCC)([CH2]CCC)[O][C@@H](C#N)[C@@H](Cc1ccccc1)NC(=O)OCc1ccccc1. The molecule has 0 aliphatic carbocycles. The first-order valence-electron chi connectivity index (χ1n) is 13.6. The Bertz CT molecular complexity index is 880. The van der Waals surface area contributed by atoms with Gasteiger partial charge in [0.25, 0.3) is 0 Å². The van der Waals surface area contributed by atoms with Crippen LogP contribution in [-0.4, -0.2) is 37.0 Å². The van der Waals surface area contributed by atoms with Crippen LogP contribution in [0.2, 0.25) is 13.3 Å². The van der Waals surface area contributed by atoms with Crippen LogP contribution in [0.1, 0.15) is 70.4 Å². The fraction of sp³-hybridized carbons (Fsp3) is 0.533. The molecule has 0 saturated carbocycles. The van der Waals surface area contributed by atoms with E-state index in [1.54, 1.807) is 0 Å². The van der Waals surface area contributed by atoms with Crippen molar-refractivity contribution in [1.29, 1.82) is 5.26 Å². The first kappa shape index (κ1) is 30.2. The third kappa shape index (κ3) is 10.9. The number of rotatable bonds is 17. The number of carbonyl (C=O) groups excluding carboxylic acids is 1. The van der Waals surface area contributed by atoms with Gasteiger partial charge in [0.1, 0.15) is 0 Å². The normalized spacial score (nSPS) is 12.9. The van der Waals surface area contributed by atoms with Gasteiger partial charge in [-0.25, -0.2) is 0 Å². The topological polar surface area (TPSA) is 71.3 Å². The van der Waals surface area contributed by atoms with E-state index in [-0.39, 0.29) is 6.61 Å². The molecule has 2 aromatic carbocycles. The van der Waals surface area contributed by atoms with E-state index in [2.05, 4.69) is 32.2 Å². The molecule has 0 aliphatic heterocycles. The molecule has 0 aliphatic rings. The first-order chi connectivity index (χ1) is 17.6. The van der Waals surface area contributed by atoms with Gasteiger partial charge in [-0.2, -0.15) is 0 Å². The van der Waals surface area contributed by atoms with Crippen LogP contribution >= 0.6 is 0 Å². The van der Waals surface area contributed by atoms with Crippen molar-refractivity contribution < 1.29 is 12.6 Å². The number of nitrogens with zero attached hydrogens (tertiary/aromatic N) is 1. The molecule has 6 heteroatoms. The molecular weight excluding hydrogens is 555 g/mol. The van der Waals surface area contributed by atoms with Gasteiger partial charge < -0.3 is 0 Å². The number of carbonyl (C=O) groups is 1. The molecule has 2 atom stereocenters. The zero-order valence-corrected chi connectivity index (χ0v) is 25.2. The van der Waals surface area contributed by atoms with Crippen LogP contribution in [0.25, 0.3) is 0 Å². The quantitative estimate of drug-likeness (QED) is 0.189. The van der Waals surface area contributed by atoms with Gasteiger partial charge in [0.05, 0.1) is 0 Å². The van der Waals surface area contributed by atoms with Gasteiger partial charge in [-0.15, -0.1) is 0 Å². The van der Waals surface area contributed by atoms with E-state index in [9.17, 15) is 10.1 Å². The molecule has 0 unspecified atom stereocenters. The standard InChI is InChI=1S/C18H17N2O3.3C4H9.Sn/c19-12-17(21)16(11-14-7-3-1-4-8-14)20-18(22)23-13-15-9-5-2-6-10-15;3*1-3-4-2;/h1-10,16-17H,11,13H2,(H,20,22);3*1,3-4H2,2H3;/q-1;;;;+1/t16-,17+;;;;/m1..../s1. The molecule has 196 valence electrons. The van der Waals surface area contributed by atoms with Crippen LogP contribution in [-0.2, 0) is 20.8 Å². The average molecular weight is 599 g/mol. The number of nitriles is 1. The van der Waals surface area contributed by atoms with E-state index >= 15 is 0 Å². The second kappa shape index (κ2) is 17.4. The van der Waals surface area contributed by atoms with Crippen LogP contribution < -0.4 is 5.32 Å². The second-order valence-electron chi connectivity index (χ2n) is 9.66. The van der Waals surface area contributed by atoms with E-state index in [0.29, 0.717) is 6.42 Å². The zero-order valence-electron chi connectivity index (χ0n) is 22.4. The Morgan fingerprint density at radius 3 is 1.83 bits per heavy atom. The van der Waals surface area contributed by atoms with Gasteiger partial charge in [0.2, 0.25) is 0 Å². The Kier molecular flexibility index (Phi) is 14.6. The van der Waals surface area contributed by atoms with Crippen molar-refractivity contribution in [2.45, 2.75) is 97.8 Å². The zero-order chi connectivity index (χ0) is 26.1. The molecule has 0 saturated heterocycles. The summed E-state index contributed by atoms with van der Waals surface area (Å²) in [6.45, 7) is 6.86. The van der Waals surface area contributed by atoms with Crippen LogP contribution in [0.4, 0.5) is 4.79 Å². The van der Waals surface area contributed by atoms with Gasteiger partial charge in [-0.05, 0) is 0 Å². The van der Waals surface area contributed by atoms with E-state index in [0.717, 1.165) is 63.0 Å². The summed E-state index contributed by atoms with van der Waals surface area (Å²) < 4.78 is 15.9. The number of ether oxygens (including phenoxy) is 1. The van der Waals surface area contributed by atoms with Crippen molar-refractivity contribution in [3.8, 4) is 6.07 Å². The van der Waals surface area contributed by atoms with E-state index in [4.69, 9.17) is 7.81 Å². The Balaban J connectivity index is 2.24. The molecule has 2 aromatic rings. The third-order valence-electron chi connectivity index (χ3n) is 6.64. The number of hydrogen-bond acceptors (Lipinski definition) is 4. The number of benzene rings is 2. The Morgan fingerprint density at radius 1 is 0.861 bits per heavy atom. The Hall–Kier alpha value is -2.04. The number of unbranched alkanes of at least 4 members (excludes halogenated alkanes) is 3. The fourth-order valence-corrected chi connectivity index (χ4v) is 18.4. The summed E-state index contributed by atoms with van der Waals surface area (Å²) >= 11 is -3.08. The maximum absolute atomic E-state index is 12.8.